The van der Waals surface area contributed by atoms with E-state index in [1.165, 1.54) is 30.2 Å². The molecule has 1 fully saturated rings. The molecule has 1 aliphatic rings. The first-order valence-corrected chi connectivity index (χ1v) is 10.1. The number of halogens is 1. The number of amides is 1. The Bertz CT molecular complexity index is 1030. The monoisotopic (exact) mass is 445 g/mol. The van der Waals surface area contributed by atoms with E-state index in [0.717, 1.165) is 0 Å². The van der Waals surface area contributed by atoms with Gasteiger partial charge in [0.05, 0.1) is 36.5 Å². The molecule has 2 aromatic carbocycles. The molecule has 1 unspecified atom stereocenters. The van der Waals surface area contributed by atoms with Gasteiger partial charge in [0, 0.05) is 12.1 Å². The summed E-state index contributed by atoms with van der Waals surface area (Å²) in [6.45, 7) is 4.10. The van der Waals surface area contributed by atoms with Gasteiger partial charge in [-0.3, -0.25) is 9.59 Å². The van der Waals surface area contributed by atoms with Crippen LogP contribution in [0.2, 0.25) is 5.02 Å². The van der Waals surface area contributed by atoms with Crippen molar-refractivity contribution in [2.45, 2.75) is 26.0 Å². The number of likely N-dealkylation sites (tertiary alicyclic amines) is 1. The van der Waals surface area contributed by atoms with E-state index in [2.05, 4.69) is 0 Å². The minimum atomic E-state index is -0.885. The van der Waals surface area contributed by atoms with Crippen LogP contribution in [0.1, 0.15) is 31.0 Å². The zero-order chi connectivity index (χ0) is 22.7. The van der Waals surface area contributed by atoms with Crippen molar-refractivity contribution in [3.63, 3.8) is 0 Å². The summed E-state index contributed by atoms with van der Waals surface area (Å²) in [4.78, 5) is 27.1. The van der Waals surface area contributed by atoms with Crippen molar-refractivity contribution in [1.29, 1.82) is 0 Å². The van der Waals surface area contributed by atoms with Gasteiger partial charge < -0.3 is 24.6 Å². The molecular weight excluding hydrogens is 422 g/mol. The lowest BCUT2D eigenvalue weighted by molar-refractivity contribution is -0.140. The van der Waals surface area contributed by atoms with E-state index in [9.17, 15) is 19.8 Å². The van der Waals surface area contributed by atoms with Crippen LogP contribution in [-0.4, -0.2) is 53.2 Å². The molecule has 0 saturated carbocycles. The fourth-order valence-electron chi connectivity index (χ4n) is 3.51. The second kappa shape index (κ2) is 9.41. The molecular formula is C23H24ClNO6. The van der Waals surface area contributed by atoms with Crippen molar-refractivity contribution >= 4 is 29.1 Å². The molecule has 164 valence electrons. The topological polar surface area (TPSA) is 96.3 Å². The molecule has 1 aliphatic heterocycles. The van der Waals surface area contributed by atoms with Gasteiger partial charge in [-0.2, -0.15) is 0 Å². The Labute approximate surface area is 185 Å². The van der Waals surface area contributed by atoms with E-state index in [1.807, 2.05) is 13.8 Å². The molecule has 0 spiro atoms. The highest BCUT2D eigenvalue weighted by Gasteiger charge is 2.46. The molecule has 1 atom stereocenters. The molecule has 0 radical (unpaired) electrons. The average Bonchev–Trinajstić information content (AvgIpc) is 2.98. The van der Waals surface area contributed by atoms with Crippen LogP contribution in [0.3, 0.4) is 0 Å². The number of hydrogen-bond donors (Lipinski definition) is 2. The molecule has 2 N–H and O–H groups in total. The molecule has 1 heterocycles. The maximum atomic E-state index is 12.9. The van der Waals surface area contributed by atoms with Gasteiger partial charge in [-0.25, -0.2) is 0 Å². The van der Waals surface area contributed by atoms with Gasteiger partial charge in [0.25, 0.3) is 11.7 Å². The number of benzene rings is 2. The van der Waals surface area contributed by atoms with Crippen molar-refractivity contribution in [3.8, 4) is 11.5 Å². The van der Waals surface area contributed by atoms with Crippen LogP contribution in [-0.2, 0) is 14.3 Å². The third-order valence-corrected chi connectivity index (χ3v) is 5.23. The van der Waals surface area contributed by atoms with E-state index in [4.69, 9.17) is 21.1 Å². The molecule has 1 amide bonds. The zero-order valence-electron chi connectivity index (χ0n) is 17.5. The quantitative estimate of drug-likeness (QED) is 0.381. The number of aliphatic hydroxyl groups excluding tert-OH is 1. The van der Waals surface area contributed by atoms with Crippen molar-refractivity contribution in [1.82, 2.24) is 4.90 Å². The maximum absolute atomic E-state index is 12.9. The summed E-state index contributed by atoms with van der Waals surface area (Å²) < 4.78 is 10.7. The number of methoxy groups -OCH3 is 1. The third kappa shape index (κ3) is 4.68. The van der Waals surface area contributed by atoms with Crippen LogP contribution in [0, 0.1) is 0 Å². The third-order valence-electron chi connectivity index (χ3n) is 4.93. The van der Waals surface area contributed by atoms with E-state index < -0.39 is 17.7 Å². The number of carbonyl (C=O) groups is 2. The fourth-order valence-corrected chi connectivity index (χ4v) is 3.77. The summed E-state index contributed by atoms with van der Waals surface area (Å²) in [6.07, 6.45) is -0.0440. The Morgan fingerprint density at radius 3 is 2.55 bits per heavy atom. The zero-order valence-corrected chi connectivity index (χ0v) is 18.2. The summed E-state index contributed by atoms with van der Waals surface area (Å²) in [5.41, 5.74) is 0.679. The largest absolute Gasteiger partial charge is 0.508 e. The number of hydrogen-bond acceptors (Lipinski definition) is 6. The summed E-state index contributed by atoms with van der Waals surface area (Å²) in [6, 6.07) is 9.93. The lowest BCUT2D eigenvalue weighted by atomic mass is 9.95. The highest BCUT2D eigenvalue weighted by molar-refractivity contribution is 6.46. The highest BCUT2D eigenvalue weighted by Crippen LogP contribution is 2.40. The summed E-state index contributed by atoms with van der Waals surface area (Å²) >= 11 is 6.18. The van der Waals surface area contributed by atoms with Gasteiger partial charge >= 0.3 is 0 Å². The molecule has 7 nitrogen and oxygen atoms in total. The number of rotatable bonds is 7. The predicted molar refractivity (Wildman–Crippen MR) is 116 cm³/mol. The minimum Gasteiger partial charge on any atom is -0.508 e. The van der Waals surface area contributed by atoms with Crippen molar-refractivity contribution in [2.24, 2.45) is 0 Å². The lowest BCUT2D eigenvalue weighted by Crippen LogP contribution is -2.33. The smallest absolute Gasteiger partial charge is 0.295 e. The SMILES string of the molecule is COc1ccc(/C(O)=C2/C(=O)C(=O)N(CCOC(C)C)C2c2cccc(O)c2)cc1Cl. The second-order valence-electron chi connectivity index (χ2n) is 7.36. The van der Waals surface area contributed by atoms with Gasteiger partial charge in [-0.15, -0.1) is 0 Å². The van der Waals surface area contributed by atoms with Crippen molar-refractivity contribution < 1.29 is 29.3 Å². The molecule has 2 aromatic rings. The standard InChI is InChI=1S/C23H24ClNO6/c1-13(2)31-10-9-25-20(14-5-4-6-16(26)11-14)19(22(28)23(25)29)21(27)15-7-8-18(30-3)17(24)12-15/h4-8,11-13,20,26-27H,9-10H2,1-3H3/b21-19-. The van der Waals surface area contributed by atoms with Crippen LogP contribution in [0.25, 0.3) is 5.76 Å². The molecule has 0 aromatic heterocycles. The number of ether oxygens (including phenoxy) is 2. The highest BCUT2D eigenvalue weighted by atomic mass is 35.5. The number of aliphatic hydroxyl groups is 1. The van der Waals surface area contributed by atoms with Crippen molar-refractivity contribution in [3.05, 3.63) is 64.2 Å². The number of aromatic hydroxyl groups is 1. The number of ketones is 1. The van der Waals surface area contributed by atoms with Gasteiger partial charge in [-0.05, 0) is 49.7 Å². The van der Waals surface area contributed by atoms with E-state index in [0.29, 0.717) is 11.3 Å². The van der Waals surface area contributed by atoms with E-state index in [1.54, 1.807) is 24.3 Å². The Morgan fingerprint density at radius 1 is 1.19 bits per heavy atom. The van der Waals surface area contributed by atoms with E-state index >= 15 is 0 Å². The molecule has 0 bridgehead atoms. The Morgan fingerprint density at radius 2 is 1.94 bits per heavy atom. The number of phenols is 1. The van der Waals surface area contributed by atoms with Gasteiger partial charge in [0.15, 0.2) is 0 Å². The molecule has 0 aliphatic carbocycles. The van der Waals surface area contributed by atoms with Crippen LogP contribution in [0.15, 0.2) is 48.0 Å². The first-order valence-electron chi connectivity index (χ1n) is 9.77. The molecule has 1 saturated heterocycles. The molecule has 3 rings (SSSR count). The number of nitrogens with zero attached hydrogens (tertiary/aromatic N) is 1. The average molecular weight is 446 g/mol. The van der Waals surface area contributed by atoms with Crippen LogP contribution in [0.4, 0.5) is 0 Å². The minimum absolute atomic E-state index is 0.0194. The molecule has 8 heteroatoms. The Balaban J connectivity index is 2.11. The van der Waals surface area contributed by atoms with Crippen LogP contribution >= 0.6 is 11.6 Å². The number of carbonyl (C=O) groups excluding carboxylic acids is 2. The normalized spacial score (nSPS) is 18.1. The predicted octanol–water partition coefficient (Wildman–Crippen LogP) is 3.90. The summed E-state index contributed by atoms with van der Waals surface area (Å²) in [7, 11) is 1.47. The summed E-state index contributed by atoms with van der Waals surface area (Å²) in [5.74, 6) is -1.53. The lowest BCUT2D eigenvalue weighted by Gasteiger charge is -2.25. The fraction of sp³-hybridized carbons (Fsp3) is 0.304. The number of phenolic OH excluding ortho intramolecular Hbond substituents is 1. The number of Topliss-reactive ketones (excluding diaryl/α,β-unsaturated/α-hetero) is 1. The summed E-state index contributed by atoms with van der Waals surface area (Å²) in [5, 5.41) is 21.2. The first kappa shape index (κ1) is 22.7. The van der Waals surface area contributed by atoms with Gasteiger partial charge in [0.2, 0.25) is 0 Å². The maximum Gasteiger partial charge on any atom is 0.295 e. The molecule has 31 heavy (non-hydrogen) atoms. The Hall–Kier alpha value is -3.03. The van der Waals surface area contributed by atoms with E-state index in [-0.39, 0.29) is 46.9 Å². The first-order chi connectivity index (χ1) is 14.7. The second-order valence-corrected chi connectivity index (χ2v) is 7.76. The van der Waals surface area contributed by atoms with Gasteiger partial charge in [0.1, 0.15) is 17.3 Å². The van der Waals surface area contributed by atoms with Gasteiger partial charge in [-0.1, -0.05) is 23.7 Å². The van der Waals surface area contributed by atoms with Crippen LogP contribution in [0.5, 0.6) is 11.5 Å². The van der Waals surface area contributed by atoms with Crippen molar-refractivity contribution in [2.75, 3.05) is 20.3 Å². The van der Waals surface area contributed by atoms with Crippen LogP contribution < -0.4 is 4.74 Å². The Kier molecular flexibility index (Phi) is 6.87.